The Morgan fingerprint density at radius 1 is 1.05 bits per heavy atom. The molecule has 0 aromatic heterocycles. The van der Waals surface area contributed by atoms with Crippen molar-refractivity contribution in [2.24, 2.45) is 0 Å². The van der Waals surface area contributed by atoms with E-state index in [2.05, 4.69) is 53.4 Å². The highest BCUT2D eigenvalue weighted by Crippen LogP contribution is 2.44. The first-order valence-electron chi connectivity index (χ1n) is 7.23. The van der Waals surface area contributed by atoms with Crippen molar-refractivity contribution in [3.8, 4) is 0 Å². The van der Waals surface area contributed by atoms with Gasteiger partial charge in [-0.2, -0.15) is 0 Å². The molecule has 0 radical (unpaired) electrons. The van der Waals surface area contributed by atoms with Crippen molar-refractivity contribution in [1.82, 2.24) is 4.90 Å². The number of ether oxygens (including phenoxy) is 1. The summed E-state index contributed by atoms with van der Waals surface area (Å²) in [5.74, 6) is -0.214. The van der Waals surface area contributed by atoms with Gasteiger partial charge in [-0.3, -0.25) is 9.69 Å². The van der Waals surface area contributed by atoms with E-state index in [0.717, 1.165) is 6.54 Å². The Morgan fingerprint density at radius 3 is 2.29 bits per heavy atom. The molecule has 2 aromatic carbocycles. The van der Waals surface area contributed by atoms with Crippen LogP contribution in [0.25, 0.3) is 0 Å². The van der Waals surface area contributed by atoms with Gasteiger partial charge in [0, 0.05) is 13.5 Å². The molecule has 1 aliphatic rings. The Hall–Kier alpha value is -2.13. The number of carbonyl (C=O) groups is 1. The van der Waals surface area contributed by atoms with Crippen LogP contribution in [0.1, 0.15) is 24.1 Å². The third-order valence-electron chi connectivity index (χ3n) is 3.86. The van der Waals surface area contributed by atoms with Crippen LogP contribution in [0.5, 0.6) is 0 Å². The quantitative estimate of drug-likeness (QED) is 0.622. The van der Waals surface area contributed by atoms with Crippen molar-refractivity contribution >= 4 is 5.97 Å². The highest BCUT2D eigenvalue weighted by molar-refractivity contribution is 5.66. The van der Waals surface area contributed by atoms with E-state index in [0.29, 0.717) is 12.6 Å². The summed E-state index contributed by atoms with van der Waals surface area (Å²) in [5, 5.41) is 0. The molecule has 0 amide bonds. The van der Waals surface area contributed by atoms with Gasteiger partial charge in [-0.15, -0.1) is 0 Å². The Bertz CT molecular complexity index is 597. The summed E-state index contributed by atoms with van der Waals surface area (Å²) in [4.78, 5) is 13.4. The van der Waals surface area contributed by atoms with E-state index in [4.69, 9.17) is 4.74 Å². The van der Waals surface area contributed by atoms with E-state index in [1.807, 2.05) is 12.1 Å². The van der Waals surface area contributed by atoms with E-state index in [9.17, 15) is 4.79 Å². The Labute approximate surface area is 125 Å². The number of rotatable bonds is 5. The zero-order valence-corrected chi connectivity index (χ0v) is 12.1. The molecule has 0 N–H and O–H groups in total. The first-order chi connectivity index (χ1) is 10.3. The van der Waals surface area contributed by atoms with Gasteiger partial charge in [-0.05, 0) is 11.1 Å². The first kappa shape index (κ1) is 13.8. The lowest BCUT2D eigenvalue weighted by Crippen LogP contribution is -2.11. The van der Waals surface area contributed by atoms with E-state index in [1.54, 1.807) is 0 Å². The van der Waals surface area contributed by atoms with Crippen LogP contribution in [-0.4, -0.2) is 23.5 Å². The average molecular weight is 281 g/mol. The molecule has 3 rings (SSSR count). The molecule has 0 bridgehead atoms. The second-order valence-corrected chi connectivity index (χ2v) is 5.38. The van der Waals surface area contributed by atoms with Gasteiger partial charge in [-0.25, -0.2) is 0 Å². The largest absolute Gasteiger partial charge is 0.464 e. The zero-order chi connectivity index (χ0) is 14.7. The highest BCUT2D eigenvalue weighted by Gasteiger charge is 2.48. The predicted octanol–water partition coefficient (Wildman–Crippen LogP) is 3.18. The van der Waals surface area contributed by atoms with Gasteiger partial charge >= 0.3 is 5.97 Å². The molecule has 1 unspecified atom stereocenters. The Morgan fingerprint density at radius 2 is 1.67 bits per heavy atom. The van der Waals surface area contributed by atoms with Crippen LogP contribution in [0.2, 0.25) is 0 Å². The second kappa shape index (κ2) is 6.10. The van der Waals surface area contributed by atoms with E-state index < -0.39 is 0 Å². The lowest BCUT2D eigenvalue weighted by Gasteiger charge is -2.04. The highest BCUT2D eigenvalue weighted by atomic mass is 16.5. The normalized spacial score (nSPS) is 23.6. The number of hydrogen-bond donors (Lipinski definition) is 0. The summed E-state index contributed by atoms with van der Waals surface area (Å²) in [6.45, 7) is 2.80. The number of carbonyl (C=O) groups excluding carboxylic acids is 1. The molecule has 108 valence electrons. The fraction of sp³-hybridized carbons (Fsp3) is 0.278. The van der Waals surface area contributed by atoms with Crippen molar-refractivity contribution < 1.29 is 9.53 Å². The van der Waals surface area contributed by atoms with Crippen LogP contribution >= 0.6 is 0 Å². The molecule has 1 heterocycles. The van der Waals surface area contributed by atoms with Crippen LogP contribution in [0, 0.1) is 0 Å². The van der Waals surface area contributed by atoms with Gasteiger partial charge in [0.25, 0.3) is 0 Å². The summed E-state index contributed by atoms with van der Waals surface area (Å²) in [5.41, 5.74) is 2.56. The first-order valence-corrected chi connectivity index (χ1v) is 7.23. The number of esters is 1. The molecule has 2 aromatic rings. The third kappa shape index (κ3) is 3.31. The molecule has 0 aliphatic carbocycles. The van der Waals surface area contributed by atoms with Crippen molar-refractivity contribution in [3.63, 3.8) is 0 Å². The fourth-order valence-electron chi connectivity index (χ4n) is 2.79. The second-order valence-electron chi connectivity index (χ2n) is 5.38. The van der Waals surface area contributed by atoms with Crippen LogP contribution in [-0.2, 0) is 16.1 Å². The van der Waals surface area contributed by atoms with Crippen molar-refractivity contribution in [2.45, 2.75) is 25.6 Å². The monoisotopic (exact) mass is 281 g/mol. The fourth-order valence-corrected chi connectivity index (χ4v) is 2.79. The summed E-state index contributed by atoms with van der Waals surface area (Å²) in [7, 11) is 0. The van der Waals surface area contributed by atoms with Crippen LogP contribution in [0.3, 0.4) is 0 Å². The molecule has 3 atom stereocenters. The molecule has 0 spiro atoms. The summed E-state index contributed by atoms with van der Waals surface area (Å²) < 4.78 is 5.20. The zero-order valence-electron chi connectivity index (χ0n) is 12.1. The topological polar surface area (TPSA) is 29.3 Å². The van der Waals surface area contributed by atoms with Gasteiger partial charge in [-0.1, -0.05) is 60.7 Å². The predicted molar refractivity (Wildman–Crippen MR) is 81.6 cm³/mol. The lowest BCUT2D eigenvalue weighted by molar-refractivity contribution is -0.141. The maximum absolute atomic E-state index is 11.0. The Balaban J connectivity index is 1.72. The molecule has 1 saturated heterocycles. The van der Waals surface area contributed by atoms with E-state index in [-0.39, 0.29) is 12.0 Å². The van der Waals surface area contributed by atoms with E-state index in [1.165, 1.54) is 18.1 Å². The SMILES string of the molecule is CC(=O)OC[C@@H]1[C@H](c2ccccc2)N1Cc1ccccc1. The number of benzene rings is 2. The van der Waals surface area contributed by atoms with Crippen molar-refractivity contribution in [2.75, 3.05) is 6.61 Å². The van der Waals surface area contributed by atoms with Crippen LogP contribution in [0.15, 0.2) is 60.7 Å². The molecule has 1 fully saturated rings. The summed E-state index contributed by atoms with van der Waals surface area (Å²) in [6, 6.07) is 21.4. The maximum Gasteiger partial charge on any atom is 0.302 e. The Kier molecular flexibility index (Phi) is 4.02. The number of nitrogens with zero attached hydrogens (tertiary/aromatic N) is 1. The molecule has 3 heteroatoms. The van der Waals surface area contributed by atoms with Gasteiger partial charge in [0.15, 0.2) is 0 Å². The molecule has 0 saturated carbocycles. The van der Waals surface area contributed by atoms with Crippen molar-refractivity contribution in [1.29, 1.82) is 0 Å². The van der Waals surface area contributed by atoms with Gasteiger partial charge < -0.3 is 4.74 Å². The standard InChI is InChI=1S/C18H19NO2/c1-14(20)21-13-17-18(16-10-6-3-7-11-16)19(17)12-15-8-4-2-5-9-15/h2-11,17-18H,12-13H2,1H3/t17-,18+,19?/m1/s1. The van der Waals surface area contributed by atoms with Crippen LogP contribution < -0.4 is 0 Å². The molecule has 21 heavy (non-hydrogen) atoms. The number of hydrogen-bond acceptors (Lipinski definition) is 3. The van der Waals surface area contributed by atoms with Crippen LogP contribution in [0.4, 0.5) is 0 Å². The summed E-state index contributed by atoms with van der Waals surface area (Å²) >= 11 is 0. The molecule has 1 aliphatic heterocycles. The van der Waals surface area contributed by atoms with E-state index >= 15 is 0 Å². The molecular weight excluding hydrogens is 262 g/mol. The molecular formula is C18H19NO2. The average Bonchev–Trinajstić information content (AvgIpc) is 3.19. The lowest BCUT2D eigenvalue weighted by atomic mass is 10.1. The van der Waals surface area contributed by atoms with Gasteiger partial charge in [0.05, 0.1) is 12.1 Å². The third-order valence-corrected chi connectivity index (χ3v) is 3.86. The maximum atomic E-state index is 11.0. The minimum atomic E-state index is -0.214. The van der Waals surface area contributed by atoms with Gasteiger partial charge in [0.1, 0.15) is 6.61 Å². The van der Waals surface area contributed by atoms with Gasteiger partial charge in [0.2, 0.25) is 0 Å². The molecule has 3 nitrogen and oxygen atoms in total. The minimum absolute atomic E-state index is 0.214. The smallest absolute Gasteiger partial charge is 0.302 e. The van der Waals surface area contributed by atoms with Crippen molar-refractivity contribution in [3.05, 3.63) is 71.8 Å². The minimum Gasteiger partial charge on any atom is -0.464 e. The summed E-state index contributed by atoms with van der Waals surface area (Å²) in [6.07, 6.45) is 0.